The van der Waals surface area contributed by atoms with Gasteiger partial charge in [0, 0.05) is 11.6 Å². The molecule has 0 saturated heterocycles. The minimum Gasteiger partial charge on any atom is -0.478 e. The molecule has 2 heterocycles. The molecule has 0 unspecified atom stereocenters. The van der Waals surface area contributed by atoms with Crippen LogP contribution in [0.15, 0.2) is 29.1 Å². The first kappa shape index (κ1) is 10.4. The van der Waals surface area contributed by atoms with Gasteiger partial charge in [-0.3, -0.25) is 0 Å². The van der Waals surface area contributed by atoms with Crippen molar-refractivity contribution in [2.24, 2.45) is 0 Å². The summed E-state index contributed by atoms with van der Waals surface area (Å²) in [6.07, 6.45) is 1.27. The third-order valence-electron chi connectivity index (χ3n) is 1.95. The first-order chi connectivity index (χ1) is 7.66. The molecule has 16 heavy (non-hydrogen) atoms. The Hall–Kier alpha value is -2.08. The second kappa shape index (κ2) is 4.19. The molecular formula is C10H9N3O2S. The summed E-state index contributed by atoms with van der Waals surface area (Å²) in [6, 6.07) is 3.26. The smallest absolute Gasteiger partial charge is 0.337 e. The highest BCUT2D eigenvalue weighted by Crippen LogP contribution is 2.22. The minimum absolute atomic E-state index is 0.0772. The highest BCUT2D eigenvalue weighted by atomic mass is 32.1. The second-order valence-electron chi connectivity index (χ2n) is 3.10. The number of aromatic nitrogens is 1. The van der Waals surface area contributed by atoms with Crippen LogP contribution >= 0.6 is 11.3 Å². The quantitative estimate of drug-likeness (QED) is 0.758. The van der Waals surface area contributed by atoms with E-state index >= 15 is 0 Å². The van der Waals surface area contributed by atoms with Crippen molar-refractivity contribution in [2.75, 3.05) is 11.1 Å². The number of aromatic carboxylic acids is 1. The molecule has 0 atom stereocenters. The lowest BCUT2D eigenvalue weighted by Gasteiger charge is -2.06. The van der Waals surface area contributed by atoms with Crippen LogP contribution in [0.1, 0.15) is 10.4 Å². The molecule has 0 aliphatic rings. The molecule has 2 aromatic heterocycles. The topological polar surface area (TPSA) is 88.2 Å². The van der Waals surface area contributed by atoms with E-state index in [1.54, 1.807) is 11.3 Å². The van der Waals surface area contributed by atoms with Gasteiger partial charge in [0.25, 0.3) is 0 Å². The lowest BCUT2D eigenvalue weighted by atomic mass is 10.2. The van der Waals surface area contributed by atoms with E-state index in [1.165, 1.54) is 12.3 Å². The fourth-order valence-corrected chi connectivity index (χ4v) is 1.76. The summed E-state index contributed by atoms with van der Waals surface area (Å²) in [4.78, 5) is 14.6. The third-order valence-corrected chi connectivity index (χ3v) is 2.63. The summed E-state index contributed by atoms with van der Waals surface area (Å²) in [5.74, 6) is -0.579. The van der Waals surface area contributed by atoms with Crippen LogP contribution in [0.25, 0.3) is 0 Å². The monoisotopic (exact) mass is 235 g/mol. The number of carbonyl (C=O) groups is 1. The van der Waals surface area contributed by atoms with Gasteiger partial charge in [0.1, 0.15) is 0 Å². The molecule has 82 valence electrons. The van der Waals surface area contributed by atoms with Crippen molar-refractivity contribution in [2.45, 2.75) is 0 Å². The van der Waals surface area contributed by atoms with Gasteiger partial charge >= 0.3 is 5.97 Å². The molecule has 0 fully saturated rings. The SMILES string of the molecule is Nc1cc(C(=O)O)cnc1Nc1ccsc1. The van der Waals surface area contributed by atoms with Crippen molar-refractivity contribution >= 4 is 34.5 Å². The number of carboxylic acids is 1. The Bertz CT molecular complexity index is 511. The van der Waals surface area contributed by atoms with Gasteiger partial charge in [0.15, 0.2) is 5.82 Å². The Morgan fingerprint density at radius 3 is 2.94 bits per heavy atom. The van der Waals surface area contributed by atoms with E-state index in [0.29, 0.717) is 11.5 Å². The lowest BCUT2D eigenvalue weighted by Crippen LogP contribution is -2.03. The van der Waals surface area contributed by atoms with Gasteiger partial charge < -0.3 is 16.2 Å². The van der Waals surface area contributed by atoms with Crippen LogP contribution in [-0.4, -0.2) is 16.1 Å². The number of nitrogens with one attached hydrogen (secondary N) is 1. The van der Waals surface area contributed by atoms with Crippen molar-refractivity contribution in [3.63, 3.8) is 0 Å². The average molecular weight is 235 g/mol. The third kappa shape index (κ3) is 2.12. The van der Waals surface area contributed by atoms with E-state index in [-0.39, 0.29) is 5.56 Å². The molecular weight excluding hydrogens is 226 g/mol. The molecule has 5 nitrogen and oxygen atoms in total. The largest absolute Gasteiger partial charge is 0.478 e. The molecule has 4 N–H and O–H groups in total. The molecule has 0 amide bonds. The lowest BCUT2D eigenvalue weighted by molar-refractivity contribution is 0.0696. The number of nitrogens with two attached hydrogens (primary N) is 1. The van der Waals surface area contributed by atoms with Gasteiger partial charge in [-0.15, -0.1) is 0 Å². The average Bonchev–Trinajstić information content (AvgIpc) is 2.73. The molecule has 0 spiro atoms. The Morgan fingerprint density at radius 1 is 1.56 bits per heavy atom. The second-order valence-corrected chi connectivity index (χ2v) is 3.88. The number of hydrogen-bond donors (Lipinski definition) is 3. The summed E-state index contributed by atoms with van der Waals surface area (Å²) in [5, 5.41) is 15.6. The number of nitrogens with zero attached hydrogens (tertiary/aromatic N) is 1. The van der Waals surface area contributed by atoms with Gasteiger partial charge in [-0.2, -0.15) is 11.3 Å². The molecule has 2 rings (SSSR count). The molecule has 2 aromatic rings. The van der Waals surface area contributed by atoms with Crippen molar-refractivity contribution in [1.29, 1.82) is 0 Å². The van der Waals surface area contributed by atoms with E-state index in [1.807, 2.05) is 16.8 Å². The molecule has 6 heteroatoms. The Balaban J connectivity index is 2.26. The van der Waals surface area contributed by atoms with E-state index in [9.17, 15) is 4.79 Å². The van der Waals surface area contributed by atoms with Crippen LogP contribution in [0.2, 0.25) is 0 Å². The normalized spacial score (nSPS) is 10.0. The zero-order chi connectivity index (χ0) is 11.5. The van der Waals surface area contributed by atoms with Gasteiger partial charge in [-0.1, -0.05) is 0 Å². The standard InChI is InChI=1S/C10H9N3O2S/c11-8-3-6(10(14)15)4-12-9(8)13-7-1-2-16-5-7/h1-5H,11H2,(H,12,13)(H,14,15). The fourth-order valence-electron chi connectivity index (χ4n) is 1.18. The van der Waals surface area contributed by atoms with Crippen LogP contribution in [0.5, 0.6) is 0 Å². The maximum absolute atomic E-state index is 10.7. The van der Waals surface area contributed by atoms with Crippen LogP contribution in [-0.2, 0) is 0 Å². The molecule has 0 saturated carbocycles. The maximum Gasteiger partial charge on any atom is 0.337 e. The summed E-state index contributed by atoms with van der Waals surface area (Å²) in [5.41, 5.74) is 6.96. The molecule has 0 bridgehead atoms. The van der Waals surface area contributed by atoms with E-state index in [0.717, 1.165) is 5.69 Å². The van der Waals surface area contributed by atoms with Gasteiger partial charge in [-0.25, -0.2) is 9.78 Å². The summed E-state index contributed by atoms with van der Waals surface area (Å²) in [7, 11) is 0. The molecule has 0 aliphatic heterocycles. The van der Waals surface area contributed by atoms with Crippen LogP contribution in [0.3, 0.4) is 0 Å². The fraction of sp³-hybridized carbons (Fsp3) is 0. The number of anilines is 3. The van der Waals surface area contributed by atoms with Crippen LogP contribution in [0, 0.1) is 0 Å². The molecule has 0 radical (unpaired) electrons. The van der Waals surface area contributed by atoms with Gasteiger partial charge in [0.2, 0.25) is 0 Å². The number of nitrogen functional groups attached to an aromatic ring is 1. The van der Waals surface area contributed by atoms with Crippen LogP contribution < -0.4 is 11.1 Å². The predicted molar refractivity (Wildman–Crippen MR) is 63.2 cm³/mol. The van der Waals surface area contributed by atoms with Crippen molar-refractivity contribution in [3.05, 3.63) is 34.7 Å². The zero-order valence-corrected chi connectivity index (χ0v) is 8.99. The van der Waals surface area contributed by atoms with E-state index in [2.05, 4.69) is 10.3 Å². The Kier molecular flexibility index (Phi) is 2.74. The first-order valence-corrected chi connectivity index (χ1v) is 5.39. The Labute approximate surface area is 95.6 Å². The minimum atomic E-state index is -1.04. The number of hydrogen-bond acceptors (Lipinski definition) is 5. The predicted octanol–water partition coefficient (Wildman–Crippen LogP) is 2.17. The van der Waals surface area contributed by atoms with Gasteiger partial charge in [0.05, 0.1) is 16.9 Å². The molecule has 0 aliphatic carbocycles. The van der Waals surface area contributed by atoms with Gasteiger partial charge in [-0.05, 0) is 17.5 Å². The number of carboxylic acid groups (broad SMARTS) is 1. The van der Waals surface area contributed by atoms with Crippen molar-refractivity contribution < 1.29 is 9.90 Å². The van der Waals surface area contributed by atoms with Crippen molar-refractivity contribution in [1.82, 2.24) is 4.98 Å². The highest BCUT2D eigenvalue weighted by Gasteiger charge is 2.07. The van der Waals surface area contributed by atoms with E-state index < -0.39 is 5.97 Å². The zero-order valence-electron chi connectivity index (χ0n) is 8.18. The maximum atomic E-state index is 10.7. The summed E-state index contributed by atoms with van der Waals surface area (Å²) < 4.78 is 0. The first-order valence-electron chi connectivity index (χ1n) is 4.45. The highest BCUT2D eigenvalue weighted by molar-refractivity contribution is 7.08. The van der Waals surface area contributed by atoms with E-state index in [4.69, 9.17) is 10.8 Å². The summed E-state index contributed by atoms with van der Waals surface area (Å²) >= 11 is 1.55. The van der Waals surface area contributed by atoms with Crippen LogP contribution in [0.4, 0.5) is 17.2 Å². The molecule has 0 aromatic carbocycles. The number of thiophene rings is 1. The number of rotatable bonds is 3. The number of pyridine rings is 1. The Morgan fingerprint density at radius 2 is 2.38 bits per heavy atom. The summed E-state index contributed by atoms with van der Waals surface area (Å²) in [6.45, 7) is 0. The van der Waals surface area contributed by atoms with Crippen molar-refractivity contribution in [3.8, 4) is 0 Å².